The van der Waals surface area contributed by atoms with E-state index in [1.54, 1.807) is 0 Å². The molecule has 16 heavy (non-hydrogen) atoms. The average molecular weight is 241 g/mol. The number of nitrogens with zero attached hydrogens (tertiary/aromatic N) is 2. The lowest BCUT2D eigenvalue weighted by molar-refractivity contribution is -0.315. The van der Waals surface area contributed by atoms with Crippen molar-refractivity contribution < 1.29 is 23.1 Å². The Bertz CT molecular complexity index is 274. The molecule has 1 aliphatic rings. The average Bonchev–Trinajstić information content (AvgIpc) is 2.12. The molecular weight excluding hydrogens is 227 g/mol. The van der Waals surface area contributed by atoms with Crippen molar-refractivity contribution in [2.45, 2.75) is 18.7 Å². The molecule has 0 radical (unpaired) electrons. The quantitative estimate of drug-likeness (QED) is 0.323. The Balaban J connectivity index is 2.56. The van der Waals surface area contributed by atoms with Crippen LogP contribution in [0.5, 0.6) is 0 Å². The Kier molecular flexibility index (Phi) is 3.64. The van der Waals surface area contributed by atoms with Crippen LogP contribution in [0.2, 0.25) is 0 Å². The Morgan fingerprint density at radius 2 is 2.12 bits per heavy atom. The minimum absolute atomic E-state index is 0.00139. The number of ether oxygens (including phenoxy) is 1. The molecule has 1 fully saturated rings. The van der Waals surface area contributed by atoms with Crippen molar-refractivity contribution in [2.24, 2.45) is 10.9 Å². The first-order valence-corrected chi connectivity index (χ1v) is 4.74. The number of nitrogens with two attached hydrogens (primary N) is 1. The Morgan fingerprint density at radius 3 is 2.50 bits per heavy atom. The smallest absolute Gasteiger partial charge is 0.409 e. The second kappa shape index (κ2) is 4.46. The number of hydrogen-bond donors (Lipinski definition) is 2. The van der Waals surface area contributed by atoms with Crippen LogP contribution in [0.4, 0.5) is 13.2 Å². The zero-order chi connectivity index (χ0) is 12.4. The lowest BCUT2D eigenvalue weighted by atomic mass is 9.93. The van der Waals surface area contributed by atoms with E-state index in [0.29, 0.717) is 0 Å². The van der Waals surface area contributed by atoms with Gasteiger partial charge in [0.05, 0.1) is 6.54 Å². The highest BCUT2D eigenvalue weighted by atomic mass is 19.4. The van der Waals surface area contributed by atoms with Gasteiger partial charge in [-0.05, 0) is 6.92 Å². The summed E-state index contributed by atoms with van der Waals surface area (Å²) in [5.41, 5.74) is 3.09. The van der Waals surface area contributed by atoms with E-state index in [1.807, 2.05) is 0 Å². The van der Waals surface area contributed by atoms with Crippen LogP contribution in [0.25, 0.3) is 0 Å². The number of rotatable bonds is 4. The second-order valence-corrected chi connectivity index (χ2v) is 3.66. The van der Waals surface area contributed by atoms with Crippen molar-refractivity contribution >= 4 is 5.84 Å². The van der Waals surface area contributed by atoms with Crippen LogP contribution in [-0.4, -0.2) is 54.0 Å². The first-order valence-electron chi connectivity index (χ1n) is 4.74. The Morgan fingerprint density at radius 1 is 1.56 bits per heavy atom. The van der Waals surface area contributed by atoms with Gasteiger partial charge >= 0.3 is 6.18 Å². The van der Waals surface area contributed by atoms with Crippen molar-refractivity contribution in [3.05, 3.63) is 0 Å². The van der Waals surface area contributed by atoms with Crippen molar-refractivity contribution in [1.82, 2.24) is 4.90 Å². The molecule has 0 aromatic rings. The maximum absolute atomic E-state index is 12.7. The molecule has 0 amide bonds. The first-order chi connectivity index (χ1) is 7.34. The van der Waals surface area contributed by atoms with Gasteiger partial charge in [-0.15, -0.1) is 0 Å². The minimum atomic E-state index is -4.40. The molecule has 1 heterocycles. The van der Waals surface area contributed by atoms with E-state index < -0.39 is 11.8 Å². The maximum atomic E-state index is 12.7. The second-order valence-electron chi connectivity index (χ2n) is 3.66. The largest absolute Gasteiger partial charge is 0.419 e. The van der Waals surface area contributed by atoms with Gasteiger partial charge in [0, 0.05) is 19.7 Å². The molecule has 1 saturated heterocycles. The van der Waals surface area contributed by atoms with Crippen LogP contribution >= 0.6 is 0 Å². The van der Waals surface area contributed by atoms with Crippen LogP contribution < -0.4 is 5.73 Å². The van der Waals surface area contributed by atoms with Crippen molar-refractivity contribution in [1.29, 1.82) is 0 Å². The molecule has 0 bridgehead atoms. The zero-order valence-corrected chi connectivity index (χ0v) is 8.79. The van der Waals surface area contributed by atoms with E-state index in [-0.39, 0.29) is 32.1 Å². The molecule has 1 rings (SSSR count). The lowest BCUT2D eigenvalue weighted by Crippen LogP contribution is -2.71. The molecule has 5 nitrogen and oxygen atoms in total. The van der Waals surface area contributed by atoms with Gasteiger partial charge in [0.25, 0.3) is 0 Å². The molecule has 0 saturated carbocycles. The van der Waals surface area contributed by atoms with E-state index in [2.05, 4.69) is 5.16 Å². The van der Waals surface area contributed by atoms with Gasteiger partial charge in [0.15, 0.2) is 11.4 Å². The van der Waals surface area contributed by atoms with Crippen LogP contribution in [0.3, 0.4) is 0 Å². The fourth-order valence-corrected chi connectivity index (χ4v) is 1.68. The summed E-state index contributed by atoms with van der Waals surface area (Å²) in [6, 6.07) is 0. The van der Waals surface area contributed by atoms with Gasteiger partial charge in [0.1, 0.15) is 0 Å². The molecule has 1 aliphatic heterocycles. The maximum Gasteiger partial charge on any atom is 0.419 e. The molecule has 0 unspecified atom stereocenters. The molecule has 94 valence electrons. The highest BCUT2D eigenvalue weighted by Crippen LogP contribution is 2.40. The predicted octanol–water partition coefficient (Wildman–Crippen LogP) is 0.386. The van der Waals surface area contributed by atoms with Gasteiger partial charge in [-0.3, -0.25) is 4.90 Å². The van der Waals surface area contributed by atoms with Crippen LogP contribution in [0, 0.1) is 0 Å². The fourth-order valence-electron chi connectivity index (χ4n) is 1.68. The van der Waals surface area contributed by atoms with Crippen LogP contribution in [-0.2, 0) is 4.74 Å². The van der Waals surface area contributed by atoms with E-state index >= 15 is 0 Å². The molecule has 0 spiro atoms. The van der Waals surface area contributed by atoms with E-state index in [9.17, 15) is 13.2 Å². The number of likely N-dealkylation sites (tertiary alicyclic amines) is 1. The zero-order valence-electron chi connectivity index (χ0n) is 8.79. The highest BCUT2D eigenvalue weighted by Gasteiger charge is 2.62. The summed E-state index contributed by atoms with van der Waals surface area (Å²) >= 11 is 0. The van der Waals surface area contributed by atoms with Crippen molar-refractivity contribution in [2.75, 3.05) is 26.2 Å². The van der Waals surface area contributed by atoms with E-state index in [1.165, 1.54) is 11.8 Å². The number of hydrogen-bond acceptors (Lipinski definition) is 4. The molecule has 0 aromatic carbocycles. The van der Waals surface area contributed by atoms with Gasteiger partial charge < -0.3 is 15.7 Å². The fraction of sp³-hybridized carbons (Fsp3) is 0.875. The van der Waals surface area contributed by atoms with E-state index in [0.717, 1.165) is 0 Å². The lowest BCUT2D eigenvalue weighted by Gasteiger charge is -2.49. The van der Waals surface area contributed by atoms with Gasteiger partial charge in [-0.1, -0.05) is 5.16 Å². The summed E-state index contributed by atoms with van der Waals surface area (Å²) in [6.07, 6.45) is -4.40. The molecule has 0 atom stereocenters. The van der Waals surface area contributed by atoms with E-state index in [4.69, 9.17) is 15.7 Å². The van der Waals surface area contributed by atoms with Crippen molar-refractivity contribution in [3.63, 3.8) is 0 Å². The number of alkyl halides is 3. The van der Waals surface area contributed by atoms with Crippen LogP contribution in [0.1, 0.15) is 6.92 Å². The summed E-state index contributed by atoms with van der Waals surface area (Å²) in [7, 11) is 0. The molecule has 0 aliphatic carbocycles. The summed E-state index contributed by atoms with van der Waals surface area (Å²) in [5, 5.41) is 11.0. The van der Waals surface area contributed by atoms with Gasteiger partial charge in [-0.25, -0.2) is 0 Å². The number of amidine groups is 1. The predicted molar refractivity (Wildman–Crippen MR) is 50.3 cm³/mol. The summed E-state index contributed by atoms with van der Waals surface area (Å²) < 4.78 is 42.8. The number of oxime groups is 1. The SMILES string of the molecule is CCOC1(C(F)(F)F)CN(CC(N)=NO)C1. The number of halogens is 3. The third kappa shape index (κ3) is 2.38. The minimum Gasteiger partial charge on any atom is -0.409 e. The highest BCUT2D eigenvalue weighted by molar-refractivity contribution is 5.81. The third-order valence-corrected chi connectivity index (χ3v) is 2.41. The monoisotopic (exact) mass is 241 g/mol. The Labute approximate surface area is 90.6 Å². The molecular formula is C8H14F3N3O2. The Hall–Kier alpha value is -1.02. The molecule has 8 heteroatoms. The summed E-state index contributed by atoms with van der Waals surface area (Å²) in [4.78, 5) is 1.40. The summed E-state index contributed by atoms with van der Waals surface area (Å²) in [6.45, 7) is 0.930. The topological polar surface area (TPSA) is 71.1 Å². The van der Waals surface area contributed by atoms with Crippen LogP contribution in [0.15, 0.2) is 5.16 Å². The first kappa shape index (κ1) is 13.0. The van der Waals surface area contributed by atoms with Gasteiger partial charge in [-0.2, -0.15) is 13.2 Å². The van der Waals surface area contributed by atoms with Crippen molar-refractivity contribution in [3.8, 4) is 0 Å². The summed E-state index contributed by atoms with van der Waals surface area (Å²) in [5.74, 6) is -0.118. The standard InChI is InChI=1S/C8H14F3N3O2/c1-2-16-7(8(9,10)11)4-14(5-7)3-6(12)13-15/h15H,2-5H2,1H3,(H2,12,13). The molecule has 0 aromatic heterocycles. The molecule has 3 N–H and O–H groups in total. The van der Waals surface area contributed by atoms with Gasteiger partial charge in [0.2, 0.25) is 0 Å². The normalized spacial score (nSPS) is 21.9. The third-order valence-electron chi connectivity index (χ3n) is 2.41.